The highest BCUT2D eigenvalue weighted by Gasteiger charge is 2.21. The van der Waals surface area contributed by atoms with Crippen molar-refractivity contribution in [2.45, 2.75) is 0 Å². The van der Waals surface area contributed by atoms with Gasteiger partial charge in [-0.2, -0.15) is 0 Å². The summed E-state index contributed by atoms with van der Waals surface area (Å²) in [5.74, 6) is -1.28. The molecule has 0 amide bonds. The number of nitro benzene ring substituents is 1. The Hall–Kier alpha value is -2.31. The zero-order chi connectivity index (χ0) is 15.6. The van der Waals surface area contributed by atoms with Crippen LogP contribution in [0.1, 0.15) is 10.4 Å². The van der Waals surface area contributed by atoms with Crippen molar-refractivity contribution in [3.8, 4) is 0 Å². The number of nitrogens with zero attached hydrogens (tertiary/aromatic N) is 1. The molecule has 8 heteroatoms. The van der Waals surface area contributed by atoms with Crippen LogP contribution in [0.15, 0.2) is 36.4 Å². The van der Waals surface area contributed by atoms with Crippen LogP contribution in [-0.2, 0) is 0 Å². The second-order valence-corrected chi connectivity index (χ2v) is 4.83. The Kier molecular flexibility index (Phi) is 4.30. The number of carbonyl (C=O) groups is 1. The van der Waals surface area contributed by atoms with Crippen molar-refractivity contribution < 1.29 is 14.8 Å². The normalized spacial score (nSPS) is 10.2. The van der Waals surface area contributed by atoms with E-state index < -0.39 is 10.9 Å². The molecule has 6 nitrogen and oxygen atoms in total. The van der Waals surface area contributed by atoms with Crippen molar-refractivity contribution in [3.05, 3.63) is 62.1 Å². The summed E-state index contributed by atoms with van der Waals surface area (Å²) in [6, 6.07) is 8.29. The van der Waals surface area contributed by atoms with E-state index in [1.54, 1.807) is 0 Å². The Labute approximate surface area is 129 Å². The number of benzene rings is 2. The topological polar surface area (TPSA) is 92.5 Å². The molecular weight excluding hydrogens is 319 g/mol. The Morgan fingerprint density at radius 1 is 1.19 bits per heavy atom. The van der Waals surface area contributed by atoms with E-state index in [0.29, 0.717) is 10.7 Å². The van der Waals surface area contributed by atoms with Gasteiger partial charge in [-0.05, 0) is 24.3 Å². The monoisotopic (exact) mass is 326 g/mol. The number of rotatable bonds is 4. The molecule has 0 aromatic heterocycles. The van der Waals surface area contributed by atoms with Crippen LogP contribution in [0.5, 0.6) is 0 Å². The van der Waals surface area contributed by atoms with E-state index in [4.69, 9.17) is 28.3 Å². The lowest BCUT2D eigenvalue weighted by Crippen LogP contribution is -2.05. The smallest absolute Gasteiger partial charge is 0.338 e. The van der Waals surface area contributed by atoms with Crippen LogP contribution in [0.4, 0.5) is 17.1 Å². The van der Waals surface area contributed by atoms with Crippen LogP contribution in [0.2, 0.25) is 10.0 Å². The average molecular weight is 327 g/mol. The van der Waals surface area contributed by atoms with Gasteiger partial charge in [0.1, 0.15) is 5.69 Å². The molecule has 2 N–H and O–H groups in total. The molecule has 0 aliphatic heterocycles. The molecule has 0 aliphatic rings. The highest BCUT2D eigenvalue weighted by molar-refractivity contribution is 6.42. The molecule has 2 rings (SSSR count). The zero-order valence-corrected chi connectivity index (χ0v) is 11.9. The van der Waals surface area contributed by atoms with E-state index in [1.807, 2.05) is 0 Å². The van der Waals surface area contributed by atoms with E-state index in [9.17, 15) is 14.9 Å². The molecular formula is C13H8Cl2N2O4. The first-order chi connectivity index (χ1) is 9.90. The summed E-state index contributed by atoms with van der Waals surface area (Å²) in [4.78, 5) is 21.6. The molecule has 0 fully saturated rings. The van der Waals surface area contributed by atoms with Gasteiger partial charge >= 0.3 is 5.97 Å². The standard InChI is InChI=1S/C13H8Cl2N2O4/c14-9-5-4-7(6-10(9)15)16-12-8(13(18)19)2-1-3-11(12)17(20)21/h1-6,16H,(H,18,19). The van der Waals surface area contributed by atoms with Gasteiger partial charge in [-0.15, -0.1) is 0 Å². The summed E-state index contributed by atoms with van der Waals surface area (Å²) < 4.78 is 0. The van der Waals surface area contributed by atoms with Gasteiger partial charge in [0.15, 0.2) is 0 Å². The number of halogens is 2. The minimum Gasteiger partial charge on any atom is -0.478 e. The number of hydrogen-bond acceptors (Lipinski definition) is 4. The fraction of sp³-hybridized carbons (Fsp3) is 0. The predicted octanol–water partition coefficient (Wildman–Crippen LogP) is 4.34. The maximum Gasteiger partial charge on any atom is 0.338 e. The Morgan fingerprint density at radius 3 is 2.48 bits per heavy atom. The van der Waals surface area contributed by atoms with Crippen LogP contribution in [-0.4, -0.2) is 16.0 Å². The van der Waals surface area contributed by atoms with Gasteiger partial charge < -0.3 is 10.4 Å². The summed E-state index contributed by atoms with van der Waals surface area (Å²) in [5.41, 5.74) is -0.286. The minimum absolute atomic E-state index is 0.117. The second kappa shape index (κ2) is 5.99. The van der Waals surface area contributed by atoms with Crippen molar-refractivity contribution in [1.82, 2.24) is 0 Å². The largest absolute Gasteiger partial charge is 0.478 e. The van der Waals surface area contributed by atoms with Gasteiger partial charge in [0.05, 0.1) is 20.5 Å². The van der Waals surface area contributed by atoms with Crippen LogP contribution in [0.25, 0.3) is 0 Å². The van der Waals surface area contributed by atoms with Gasteiger partial charge in [-0.1, -0.05) is 29.3 Å². The summed E-state index contributed by atoms with van der Waals surface area (Å²) >= 11 is 11.6. The molecule has 2 aromatic rings. The quantitative estimate of drug-likeness (QED) is 0.643. The summed E-state index contributed by atoms with van der Waals surface area (Å²) in [5, 5.41) is 23.4. The first-order valence-corrected chi connectivity index (χ1v) is 6.38. The number of nitro groups is 1. The van der Waals surface area contributed by atoms with Crippen LogP contribution in [0, 0.1) is 10.1 Å². The highest BCUT2D eigenvalue weighted by atomic mass is 35.5. The molecule has 108 valence electrons. The molecule has 0 atom stereocenters. The summed E-state index contributed by atoms with van der Waals surface area (Å²) in [7, 11) is 0. The molecule has 0 radical (unpaired) electrons. The van der Waals surface area contributed by atoms with Gasteiger partial charge in [-0.25, -0.2) is 4.79 Å². The number of carboxylic acid groups (broad SMARTS) is 1. The first-order valence-electron chi connectivity index (χ1n) is 5.63. The molecule has 0 saturated heterocycles. The minimum atomic E-state index is -1.28. The van der Waals surface area contributed by atoms with Crippen molar-refractivity contribution in [1.29, 1.82) is 0 Å². The lowest BCUT2D eigenvalue weighted by atomic mass is 10.1. The maximum absolute atomic E-state index is 11.2. The lowest BCUT2D eigenvalue weighted by molar-refractivity contribution is -0.383. The maximum atomic E-state index is 11.2. The number of hydrogen-bond donors (Lipinski definition) is 2. The van der Waals surface area contributed by atoms with Gasteiger partial charge in [0.2, 0.25) is 0 Å². The fourth-order valence-corrected chi connectivity index (χ4v) is 2.02. The van der Waals surface area contributed by atoms with Crippen LogP contribution >= 0.6 is 23.2 Å². The van der Waals surface area contributed by atoms with Gasteiger partial charge in [0, 0.05) is 11.8 Å². The highest BCUT2D eigenvalue weighted by Crippen LogP contribution is 2.33. The molecule has 0 saturated carbocycles. The van der Waals surface area contributed by atoms with Crippen molar-refractivity contribution >= 4 is 46.2 Å². The Bertz CT molecular complexity index is 702. The Balaban J connectivity index is 2.53. The van der Waals surface area contributed by atoms with E-state index in [0.717, 1.165) is 0 Å². The predicted molar refractivity (Wildman–Crippen MR) is 79.8 cm³/mol. The fourth-order valence-electron chi connectivity index (χ4n) is 1.72. The molecule has 0 heterocycles. The van der Waals surface area contributed by atoms with Crippen molar-refractivity contribution in [2.24, 2.45) is 0 Å². The van der Waals surface area contributed by atoms with E-state index in [2.05, 4.69) is 5.32 Å². The van der Waals surface area contributed by atoms with E-state index in [-0.39, 0.29) is 22.0 Å². The SMILES string of the molecule is O=C(O)c1cccc([N+](=O)[O-])c1Nc1ccc(Cl)c(Cl)c1. The number of aromatic carboxylic acids is 1. The van der Waals surface area contributed by atoms with Gasteiger partial charge in [-0.3, -0.25) is 10.1 Å². The van der Waals surface area contributed by atoms with Crippen molar-refractivity contribution in [3.63, 3.8) is 0 Å². The molecule has 2 aromatic carbocycles. The number of para-hydroxylation sites is 1. The molecule has 0 aliphatic carbocycles. The van der Waals surface area contributed by atoms with Crippen molar-refractivity contribution in [2.75, 3.05) is 5.32 Å². The number of carboxylic acids is 1. The van der Waals surface area contributed by atoms with Crippen LogP contribution < -0.4 is 5.32 Å². The van der Waals surface area contributed by atoms with Gasteiger partial charge in [0.25, 0.3) is 5.69 Å². The third-order valence-corrected chi connectivity index (χ3v) is 3.40. The molecule has 0 bridgehead atoms. The molecule has 0 unspecified atom stereocenters. The third kappa shape index (κ3) is 3.24. The lowest BCUT2D eigenvalue weighted by Gasteiger charge is -2.10. The average Bonchev–Trinajstić information content (AvgIpc) is 2.42. The summed E-state index contributed by atoms with van der Waals surface area (Å²) in [6.45, 7) is 0. The molecule has 0 spiro atoms. The number of anilines is 2. The van der Waals surface area contributed by atoms with E-state index in [1.165, 1.54) is 36.4 Å². The third-order valence-electron chi connectivity index (χ3n) is 2.66. The van der Waals surface area contributed by atoms with Crippen LogP contribution in [0.3, 0.4) is 0 Å². The Morgan fingerprint density at radius 2 is 1.90 bits per heavy atom. The zero-order valence-electron chi connectivity index (χ0n) is 10.3. The first kappa shape index (κ1) is 15.1. The van der Waals surface area contributed by atoms with E-state index >= 15 is 0 Å². The second-order valence-electron chi connectivity index (χ2n) is 4.02. The molecule has 21 heavy (non-hydrogen) atoms. The summed E-state index contributed by atoms with van der Waals surface area (Å²) in [6.07, 6.45) is 0. The number of nitrogens with one attached hydrogen (secondary N) is 1.